The molecule has 1 aromatic heterocycles. The van der Waals surface area contributed by atoms with Crippen LogP contribution in [-0.4, -0.2) is 10.9 Å². The Morgan fingerprint density at radius 2 is 1.72 bits per heavy atom. The minimum absolute atomic E-state index is 0.147. The van der Waals surface area contributed by atoms with Crippen molar-refractivity contribution in [3.05, 3.63) is 82.5 Å². The molecule has 0 aliphatic carbocycles. The molecule has 2 N–H and O–H groups in total. The molecule has 0 saturated heterocycles. The van der Waals surface area contributed by atoms with Gasteiger partial charge in [0, 0.05) is 16.3 Å². The van der Waals surface area contributed by atoms with E-state index in [0.29, 0.717) is 22.1 Å². The first-order valence-electron chi connectivity index (χ1n) is 7.89. The summed E-state index contributed by atoms with van der Waals surface area (Å²) in [6.45, 7) is 3.86. The fraction of sp³-hybridized carbons (Fsp3) is 0.100. The third-order valence-corrected chi connectivity index (χ3v) is 4.26. The maximum absolute atomic E-state index is 12.3. The van der Waals surface area contributed by atoms with Gasteiger partial charge in [0.25, 0.3) is 5.91 Å². The standard InChI is InChI=1S/C20H18ClN3O/c1-13-5-3-4-6-17(13)20(25)24-16-9-10-19(22-12-16)23-15-8-7-14(2)18(21)11-15/h3-12H,1-2H3,(H,22,23)(H,24,25). The summed E-state index contributed by atoms with van der Waals surface area (Å²) in [5.74, 6) is 0.528. The Balaban J connectivity index is 1.69. The van der Waals surface area contributed by atoms with Crippen LogP contribution in [0.3, 0.4) is 0 Å². The van der Waals surface area contributed by atoms with E-state index in [1.54, 1.807) is 24.4 Å². The van der Waals surface area contributed by atoms with Crippen molar-refractivity contribution in [1.82, 2.24) is 4.98 Å². The predicted molar refractivity (Wildman–Crippen MR) is 103 cm³/mol. The lowest BCUT2D eigenvalue weighted by molar-refractivity contribution is 0.102. The van der Waals surface area contributed by atoms with Gasteiger partial charge in [0.05, 0.1) is 11.9 Å². The van der Waals surface area contributed by atoms with Crippen LogP contribution in [0.15, 0.2) is 60.8 Å². The highest BCUT2D eigenvalue weighted by atomic mass is 35.5. The molecule has 3 rings (SSSR count). The molecule has 0 fully saturated rings. The summed E-state index contributed by atoms with van der Waals surface area (Å²) in [5, 5.41) is 6.74. The van der Waals surface area contributed by atoms with Crippen LogP contribution in [0, 0.1) is 13.8 Å². The van der Waals surface area contributed by atoms with Gasteiger partial charge in [-0.05, 0) is 55.3 Å². The number of carbonyl (C=O) groups is 1. The molecule has 0 atom stereocenters. The fourth-order valence-corrected chi connectivity index (χ4v) is 2.57. The average Bonchev–Trinajstić information content (AvgIpc) is 2.60. The summed E-state index contributed by atoms with van der Waals surface area (Å²) < 4.78 is 0. The summed E-state index contributed by atoms with van der Waals surface area (Å²) in [7, 11) is 0. The Morgan fingerprint density at radius 3 is 2.40 bits per heavy atom. The number of pyridine rings is 1. The number of nitrogens with zero attached hydrogens (tertiary/aromatic N) is 1. The van der Waals surface area contributed by atoms with E-state index in [0.717, 1.165) is 16.8 Å². The number of aromatic nitrogens is 1. The summed E-state index contributed by atoms with van der Waals surface area (Å²) in [6, 6.07) is 16.8. The van der Waals surface area contributed by atoms with Crippen molar-refractivity contribution in [2.24, 2.45) is 0 Å². The Hall–Kier alpha value is -2.85. The van der Waals surface area contributed by atoms with Crippen molar-refractivity contribution in [2.45, 2.75) is 13.8 Å². The van der Waals surface area contributed by atoms with Crippen LogP contribution in [0.2, 0.25) is 5.02 Å². The maximum atomic E-state index is 12.3. The van der Waals surface area contributed by atoms with Gasteiger partial charge in [-0.15, -0.1) is 0 Å². The number of halogens is 1. The van der Waals surface area contributed by atoms with Gasteiger partial charge in [0.1, 0.15) is 5.82 Å². The summed E-state index contributed by atoms with van der Waals surface area (Å²) in [5.41, 5.74) is 4.11. The van der Waals surface area contributed by atoms with Crippen LogP contribution in [0.25, 0.3) is 0 Å². The van der Waals surface area contributed by atoms with Crippen molar-refractivity contribution in [3.63, 3.8) is 0 Å². The number of rotatable bonds is 4. The Bertz CT molecular complexity index is 907. The van der Waals surface area contributed by atoms with Crippen LogP contribution in [0.1, 0.15) is 21.5 Å². The van der Waals surface area contributed by atoms with Crippen molar-refractivity contribution < 1.29 is 4.79 Å². The first-order valence-corrected chi connectivity index (χ1v) is 8.27. The molecule has 0 radical (unpaired) electrons. The highest BCUT2D eigenvalue weighted by Crippen LogP contribution is 2.23. The molecule has 0 bridgehead atoms. The van der Waals surface area contributed by atoms with E-state index < -0.39 is 0 Å². The molecular weight excluding hydrogens is 334 g/mol. The molecule has 0 spiro atoms. The SMILES string of the molecule is Cc1ccc(Nc2ccc(NC(=O)c3ccccc3C)cn2)cc1Cl. The molecule has 0 aliphatic heterocycles. The molecule has 25 heavy (non-hydrogen) atoms. The van der Waals surface area contributed by atoms with E-state index >= 15 is 0 Å². The van der Waals surface area contributed by atoms with E-state index in [9.17, 15) is 4.79 Å². The first kappa shape index (κ1) is 17.0. The van der Waals surface area contributed by atoms with Gasteiger partial charge >= 0.3 is 0 Å². The Kier molecular flexibility index (Phi) is 5.00. The summed E-state index contributed by atoms with van der Waals surface area (Å²) in [4.78, 5) is 16.6. The van der Waals surface area contributed by atoms with Gasteiger partial charge in [-0.3, -0.25) is 4.79 Å². The van der Waals surface area contributed by atoms with Crippen molar-refractivity contribution in [2.75, 3.05) is 10.6 Å². The average molecular weight is 352 g/mol. The highest BCUT2D eigenvalue weighted by Gasteiger charge is 2.08. The second-order valence-corrected chi connectivity index (χ2v) is 6.20. The molecule has 0 unspecified atom stereocenters. The van der Waals surface area contributed by atoms with Crippen molar-refractivity contribution in [3.8, 4) is 0 Å². The van der Waals surface area contributed by atoms with E-state index in [1.807, 2.05) is 50.2 Å². The molecular formula is C20H18ClN3O. The van der Waals surface area contributed by atoms with Gasteiger partial charge in [-0.2, -0.15) is 0 Å². The van der Waals surface area contributed by atoms with E-state index in [4.69, 9.17) is 11.6 Å². The number of hydrogen-bond donors (Lipinski definition) is 2. The molecule has 0 saturated carbocycles. The molecule has 0 aliphatic rings. The second kappa shape index (κ2) is 7.36. The maximum Gasteiger partial charge on any atom is 0.255 e. The number of carbonyl (C=O) groups excluding carboxylic acids is 1. The predicted octanol–water partition coefficient (Wildman–Crippen LogP) is 5.35. The summed E-state index contributed by atoms with van der Waals surface area (Å²) >= 11 is 6.13. The largest absolute Gasteiger partial charge is 0.340 e. The second-order valence-electron chi connectivity index (χ2n) is 5.79. The van der Waals surface area contributed by atoms with E-state index in [-0.39, 0.29) is 5.91 Å². The topological polar surface area (TPSA) is 54.0 Å². The molecule has 1 amide bonds. The van der Waals surface area contributed by atoms with Gasteiger partial charge in [0.2, 0.25) is 0 Å². The highest BCUT2D eigenvalue weighted by molar-refractivity contribution is 6.31. The Morgan fingerprint density at radius 1 is 0.960 bits per heavy atom. The summed E-state index contributed by atoms with van der Waals surface area (Å²) in [6.07, 6.45) is 1.62. The van der Waals surface area contributed by atoms with Crippen LogP contribution < -0.4 is 10.6 Å². The molecule has 126 valence electrons. The van der Waals surface area contributed by atoms with Gasteiger partial charge in [-0.25, -0.2) is 4.98 Å². The molecule has 4 nitrogen and oxygen atoms in total. The zero-order valence-electron chi connectivity index (χ0n) is 14.0. The first-order chi connectivity index (χ1) is 12.0. The number of nitrogens with one attached hydrogen (secondary N) is 2. The number of amides is 1. The van der Waals surface area contributed by atoms with Crippen LogP contribution in [-0.2, 0) is 0 Å². The van der Waals surface area contributed by atoms with Crippen LogP contribution in [0.4, 0.5) is 17.2 Å². The lowest BCUT2D eigenvalue weighted by Crippen LogP contribution is -2.13. The normalized spacial score (nSPS) is 10.4. The van der Waals surface area contributed by atoms with E-state index in [2.05, 4.69) is 15.6 Å². The monoisotopic (exact) mass is 351 g/mol. The van der Waals surface area contributed by atoms with Crippen molar-refractivity contribution in [1.29, 1.82) is 0 Å². The van der Waals surface area contributed by atoms with Crippen LogP contribution >= 0.6 is 11.6 Å². The zero-order valence-corrected chi connectivity index (χ0v) is 14.8. The van der Waals surface area contributed by atoms with Crippen molar-refractivity contribution >= 4 is 34.7 Å². The van der Waals surface area contributed by atoms with Gasteiger partial charge < -0.3 is 10.6 Å². The van der Waals surface area contributed by atoms with Gasteiger partial charge in [-0.1, -0.05) is 35.9 Å². The van der Waals surface area contributed by atoms with Gasteiger partial charge in [0.15, 0.2) is 0 Å². The number of aryl methyl sites for hydroxylation is 2. The molecule has 1 heterocycles. The number of hydrogen-bond acceptors (Lipinski definition) is 3. The zero-order chi connectivity index (χ0) is 17.8. The third-order valence-electron chi connectivity index (χ3n) is 3.86. The number of benzene rings is 2. The van der Waals surface area contributed by atoms with Crippen LogP contribution in [0.5, 0.6) is 0 Å². The molecule has 5 heteroatoms. The number of anilines is 3. The molecule has 2 aromatic carbocycles. The lowest BCUT2D eigenvalue weighted by Gasteiger charge is -2.10. The smallest absolute Gasteiger partial charge is 0.255 e. The quantitative estimate of drug-likeness (QED) is 0.666. The fourth-order valence-electron chi connectivity index (χ4n) is 2.39. The minimum Gasteiger partial charge on any atom is -0.340 e. The lowest BCUT2D eigenvalue weighted by atomic mass is 10.1. The molecule has 3 aromatic rings. The minimum atomic E-state index is -0.147. The Labute approximate surface area is 151 Å². The third kappa shape index (κ3) is 4.17. The van der Waals surface area contributed by atoms with E-state index in [1.165, 1.54) is 0 Å².